The van der Waals surface area contributed by atoms with Crippen molar-refractivity contribution < 1.29 is 14.6 Å². The Labute approximate surface area is 95.0 Å². The lowest BCUT2D eigenvalue weighted by Crippen LogP contribution is -2.21. The molecule has 86 valence electrons. The highest BCUT2D eigenvalue weighted by atomic mass is 16.5. The Kier molecular flexibility index (Phi) is 3.57. The number of benzene rings is 1. The minimum Gasteiger partial charge on any atom is -0.478 e. The summed E-state index contributed by atoms with van der Waals surface area (Å²) in [6.07, 6.45) is 4.71. The van der Waals surface area contributed by atoms with Crippen LogP contribution in [-0.4, -0.2) is 23.8 Å². The molecule has 1 aromatic rings. The molecule has 0 radical (unpaired) electrons. The molecule has 1 fully saturated rings. The molecule has 1 N–H and O–H groups in total. The highest BCUT2D eigenvalue weighted by Crippen LogP contribution is 2.17. The van der Waals surface area contributed by atoms with Gasteiger partial charge in [0.05, 0.1) is 11.7 Å². The highest BCUT2D eigenvalue weighted by Gasteiger charge is 2.14. The Morgan fingerprint density at radius 3 is 2.62 bits per heavy atom. The predicted molar refractivity (Wildman–Crippen MR) is 60.7 cm³/mol. The van der Waals surface area contributed by atoms with E-state index in [9.17, 15) is 4.79 Å². The van der Waals surface area contributed by atoms with Gasteiger partial charge in [-0.25, -0.2) is 4.79 Å². The second kappa shape index (κ2) is 5.12. The summed E-state index contributed by atoms with van der Waals surface area (Å²) in [5.74, 6) is -0.875. The number of carboxylic acids is 1. The maximum atomic E-state index is 10.7. The van der Waals surface area contributed by atoms with Crippen molar-refractivity contribution >= 4 is 5.97 Å². The minimum absolute atomic E-state index is 0.310. The number of aromatic carboxylic acids is 1. The smallest absolute Gasteiger partial charge is 0.335 e. The maximum absolute atomic E-state index is 10.7. The summed E-state index contributed by atoms with van der Waals surface area (Å²) in [5.41, 5.74) is 1.49. The van der Waals surface area contributed by atoms with Crippen LogP contribution in [0.4, 0.5) is 0 Å². The van der Waals surface area contributed by atoms with Crippen molar-refractivity contribution in [1.29, 1.82) is 0 Å². The van der Waals surface area contributed by atoms with E-state index in [4.69, 9.17) is 9.84 Å². The molecular weight excluding hydrogens is 204 g/mol. The Hall–Kier alpha value is -1.35. The van der Waals surface area contributed by atoms with Crippen LogP contribution in [0, 0.1) is 0 Å². The third-order valence-electron chi connectivity index (χ3n) is 2.94. The molecule has 0 aliphatic carbocycles. The Morgan fingerprint density at radius 2 is 2.06 bits per heavy atom. The van der Waals surface area contributed by atoms with Crippen LogP contribution in [0.3, 0.4) is 0 Å². The van der Waals surface area contributed by atoms with E-state index in [-0.39, 0.29) is 0 Å². The fourth-order valence-corrected chi connectivity index (χ4v) is 2.01. The fourth-order valence-electron chi connectivity index (χ4n) is 2.01. The van der Waals surface area contributed by atoms with E-state index in [0.29, 0.717) is 11.7 Å². The van der Waals surface area contributed by atoms with E-state index in [1.54, 1.807) is 12.1 Å². The Morgan fingerprint density at radius 1 is 1.31 bits per heavy atom. The first-order valence-corrected chi connectivity index (χ1v) is 5.69. The average Bonchev–Trinajstić information content (AvgIpc) is 2.31. The van der Waals surface area contributed by atoms with Gasteiger partial charge in [0.2, 0.25) is 0 Å². The van der Waals surface area contributed by atoms with Gasteiger partial charge in [-0.15, -0.1) is 0 Å². The molecule has 0 aromatic heterocycles. The van der Waals surface area contributed by atoms with E-state index in [0.717, 1.165) is 31.4 Å². The number of rotatable bonds is 3. The van der Waals surface area contributed by atoms with Crippen LogP contribution >= 0.6 is 0 Å². The van der Waals surface area contributed by atoms with Crippen LogP contribution in [0.15, 0.2) is 24.3 Å². The van der Waals surface area contributed by atoms with Gasteiger partial charge in [0.15, 0.2) is 0 Å². The number of hydrogen-bond acceptors (Lipinski definition) is 2. The van der Waals surface area contributed by atoms with Crippen molar-refractivity contribution in [2.24, 2.45) is 0 Å². The topological polar surface area (TPSA) is 46.5 Å². The average molecular weight is 220 g/mol. The molecule has 1 heterocycles. The lowest BCUT2D eigenvalue weighted by Gasteiger charge is -2.22. The SMILES string of the molecule is O=C(O)c1ccc(CC2CCCCO2)cc1. The zero-order chi connectivity index (χ0) is 11.4. The van der Waals surface area contributed by atoms with Gasteiger partial charge in [-0.05, 0) is 43.4 Å². The van der Waals surface area contributed by atoms with E-state index >= 15 is 0 Å². The second-order valence-corrected chi connectivity index (χ2v) is 4.19. The van der Waals surface area contributed by atoms with Gasteiger partial charge in [0.25, 0.3) is 0 Å². The summed E-state index contributed by atoms with van der Waals surface area (Å²) in [7, 11) is 0. The van der Waals surface area contributed by atoms with E-state index < -0.39 is 5.97 Å². The van der Waals surface area contributed by atoms with Crippen molar-refractivity contribution in [1.82, 2.24) is 0 Å². The van der Waals surface area contributed by atoms with Gasteiger partial charge >= 0.3 is 5.97 Å². The van der Waals surface area contributed by atoms with Crippen molar-refractivity contribution in [3.05, 3.63) is 35.4 Å². The second-order valence-electron chi connectivity index (χ2n) is 4.19. The molecule has 0 bridgehead atoms. The third kappa shape index (κ3) is 2.83. The molecular formula is C13H16O3. The number of hydrogen-bond donors (Lipinski definition) is 1. The highest BCUT2D eigenvalue weighted by molar-refractivity contribution is 5.87. The normalized spacial score (nSPS) is 20.6. The molecule has 3 heteroatoms. The molecule has 1 unspecified atom stereocenters. The summed E-state index contributed by atoms with van der Waals surface area (Å²) in [6.45, 7) is 0.859. The van der Waals surface area contributed by atoms with Gasteiger partial charge in [0.1, 0.15) is 0 Å². The molecule has 3 nitrogen and oxygen atoms in total. The fraction of sp³-hybridized carbons (Fsp3) is 0.462. The lowest BCUT2D eigenvalue weighted by atomic mass is 10.0. The van der Waals surface area contributed by atoms with Gasteiger partial charge in [-0.2, -0.15) is 0 Å². The summed E-state index contributed by atoms with van der Waals surface area (Å²) >= 11 is 0. The van der Waals surface area contributed by atoms with Crippen LogP contribution in [0.1, 0.15) is 35.2 Å². The minimum atomic E-state index is -0.875. The largest absolute Gasteiger partial charge is 0.478 e. The Bertz CT molecular complexity index is 350. The number of carbonyl (C=O) groups is 1. The monoisotopic (exact) mass is 220 g/mol. The molecule has 1 aromatic carbocycles. The zero-order valence-corrected chi connectivity index (χ0v) is 9.19. The van der Waals surface area contributed by atoms with Gasteiger partial charge in [0, 0.05) is 6.61 Å². The summed E-state index contributed by atoms with van der Waals surface area (Å²) in [4.78, 5) is 10.7. The molecule has 1 saturated heterocycles. The van der Waals surface area contributed by atoms with Gasteiger partial charge in [-0.3, -0.25) is 0 Å². The first kappa shape index (κ1) is 11.1. The van der Waals surface area contributed by atoms with Crippen molar-refractivity contribution in [3.8, 4) is 0 Å². The van der Waals surface area contributed by atoms with E-state index in [1.807, 2.05) is 12.1 Å². The van der Waals surface area contributed by atoms with E-state index in [2.05, 4.69) is 0 Å². The molecule has 1 aliphatic heterocycles. The van der Waals surface area contributed by atoms with Gasteiger partial charge in [-0.1, -0.05) is 12.1 Å². The number of ether oxygens (including phenoxy) is 1. The molecule has 0 saturated carbocycles. The van der Waals surface area contributed by atoms with Crippen LogP contribution in [0.5, 0.6) is 0 Å². The van der Waals surface area contributed by atoms with Crippen molar-refractivity contribution in [2.75, 3.05) is 6.61 Å². The van der Waals surface area contributed by atoms with Gasteiger partial charge < -0.3 is 9.84 Å². The first-order valence-electron chi connectivity index (χ1n) is 5.69. The quantitative estimate of drug-likeness (QED) is 0.851. The van der Waals surface area contributed by atoms with Crippen LogP contribution in [0.25, 0.3) is 0 Å². The molecule has 16 heavy (non-hydrogen) atoms. The standard InChI is InChI=1S/C13H16O3/c14-13(15)11-6-4-10(5-7-11)9-12-3-1-2-8-16-12/h4-7,12H,1-3,8-9H2,(H,14,15). The molecule has 2 rings (SSSR count). The zero-order valence-electron chi connectivity index (χ0n) is 9.19. The maximum Gasteiger partial charge on any atom is 0.335 e. The van der Waals surface area contributed by atoms with Crippen LogP contribution in [-0.2, 0) is 11.2 Å². The van der Waals surface area contributed by atoms with E-state index in [1.165, 1.54) is 6.42 Å². The third-order valence-corrected chi connectivity index (χ3v) is 2.94. The summed E-state index contributed by atoms with van der Waals surface area (Å²) in [6, 6.07) is 7.06. The predicted octanol–water partition coefficient (Wildman–Crippen LogP) is 2.50. The lowest BCUT2D eigenvalue weighted by molar-refractivity contribution is 0.0168. The molecule has 0 spiro atoms. The summed E-state index contributed by atoms with van der Waals surface area (Å²) < 4.78 is 5.64. The van der Waals surface area contributed by atoms with Crippen LogP contribution in [0.2, 0.25) is 0 Å². The summed E-state index contributed by atoms with van der Waals surface area (Å²) in [5, 5.41) is 8.77. The molecule has 1 atom stereocenters. The van der Waals surface area contributed by atoms with Crippen LogP contribution < -0.4 is 0 Å². The Balaban J connectivity index is 1.96. The molecule has 1 aliphatic rings. The van der Waals surface area contributed by atoms with Crippen molar-refractivity contribution in [3.63, 3.8) is 0 Å². The van der Waals surface area contributed by atoms with Crippen molar-refractivity contribution in [2.45, 2.75) is 31.8 Å². The number of carboxylic acid groups (broad SMARTS) is 1. The first-order chi connectivity index (χ1) is 7.75. The molecule has 0 amide bonds.